The summed E-state index contributed by atoms with van der Waals surface area (Å²) in [7, 11) is -1.98. The van der Waals surface area contributed by atoms with E-state index in [1.54, 1.807) is 42.5 Å². The van der Waals surface area contributed by atoms with E-state index < -0.39 is 10.0 Å². The van der Waals surface area contributed by atoms with E-state index in [9.17, 15) is 17.6 Å². The van der Waals surface area contributed by atoms with Crippen molar-refractivity contribution in [3.05, 3.63) is 64.8 Å². The van der Waals surface area contributed by atoms with E-state index in [0.29, 0.717) is 57.9 Å². The fraction of sp³-hybridized carbons (Fsp3) is 0.348. The third-order valence-electron chi connectivity index (χ3n) is 5.76. The van der Waals surface area contributed by atoms with Crippen LogP contribution in [0.4, 0.5) is 4.39 Å². The Morgan fingerprint density at radius 2 is 1.88 bits per heavy atom. The molecule has 4 rings (SSSR count). The number of methoxy groups -OCH3 is 1. The number of hydrogen-bond donors (Lipinski definition) is 1. The van der Waals surface area contributed by atoms with Crippen LogP contribution in [0.3, 0.4) is 0 Å². The number of piperidine rings is 1. The average molecular weight is 477 g/mol. The van der Waals surface area contributed by atoms with E-state index in [2.05, 4.69) is 5.32 Å². The summed E-state index contributed by atoms with van der Waals surface area (Å²) in [5.41, 5.74) is 0.562. The molecule has 1 aliphatic rings. The van der Waals surface area contributed by atoms with E-state index in [1.165, 1.54) is 28.8 Å². The molecule has 1 aromatic heterocycles. The van der Waals surface area contributed by atoms with E-state index in [0.717, 1.165) is 0 Å². The molecule has 0 atom stereocenters. The lowest BCUT2D eigenvalue weighted by Gasteiger charge is -2.31. The Bertz CT molecular complexity index is 1200. The summed E-state index contributed by atoms with van der Waals surface area (Å²) in [4.78, 5) is 13.6. The topological polar surface area (TPSA) is 75.7 Å². The molecular weight excluding hydrogens is 451 g/mol. The predicted molar refractivity (Wildman–Crippen MR) is 123 cm³/mol. The van der Waals surface area contributed by atoms with Gasteiger partial charge in [0, 0.05) is 42.4 Å². The third-order valence-corrected chi connectivity index (χ3v) is 8.87. The molecule has 6 nitrogen and oxygen atoms in total. The normalized spacial score (nSPS) is 15.8. The number of benzene rings is 2. The number of nitrogens with zero attached hydrogens (tertiary/aromatic N) is 1. The second-order valence-electron chi connectivity index (χ2n) is 7.83. The van der Waals surface area contributed by atoms with Gasteiger partial charge in [-0.15, -0.1) is 11.3 Å². The highest BCUT2D eigenvalue weighted by atomic mass is 32.2. The molecule has 0 saturated carbocycles. The SMILES string of the molecule is COCc1c(C(=O)NCC2CCN(S(=O)(=O)c3ccccc3)CC2)sc2cccc(F)c12. The van der Waals surface area contributed by atoms with Crippen molar-refractivity contribution in [1.29, 1.82) is 0 Å². The number of rotatable bonds is 7. The molecule has 2 aromatic carbocycles. The fourth-order valence-electron chi connectivity index (χ4n) is 4.05. The quantitative estimate of drug-likeness (QED) is 0.559. The van der Waals surface area contributed by atoms with Gasteiger partial charge in [0.05, 0.1) is 16.4 Å². The number of sulfonamides is 1. The highest BCUT2D eigenvalue weighted by Gasteiger charge is 2.29. The number of carbonyl (C=O) groups excluding carboxylic acids is 1. The minimum atomic E-state index is -3.49. The largest absolute Gasteiger partial charge is 0.380 e. The number of thiophene rings is 1. The molecule has 1 saturated heterocycles. The number of hydrogen-bond acceptors (Lipinski definition) is 5. The average Bonchev–Trinajstić information content (AvgIpc) is 3.18. The summed E-state index contributed by atoms with van der Waals surface area (Å²) in [6.45, 7) is 1.43. The summed E-state index contributed by atoms with van der Waals surface area (Å²) in [5, 5.41) is 3.39. The predicted octanol–water partition coefficient (Wildman–Crippen LogP) is 4.02. The minimum absolute atomic E-state index is 0.152. The van der Waals surface area contributed by atoms with E-state index in [-0.39, 0.29) is 24.2 Å². The summed E-state index contributed by atoms with van der Waals surface area (Å²) >= 11 is 1.25. The maximum absolute atomic E-state index is 14.3. The molecule has 2 heterocycles. The molecule has 3 aromatic rings. The monoisotopic (exact) mass is 476 g/mol. The smallest absolute Gasteiger partial charge is 0.261 e. The summed E-state index contributed by atoms with van der Waals surface area (Å²) in [6, 6.07) is 13.2. The molecule has 1 fully saturated rings. The van der Waals surface area contributed by atoms with Crippen LogP contribution in [0.5, 0.6) is 0 Å². The second kappa shape index (κ2) is 9.66. The van der Waals surface area contributed by atoms with E-state index in [1.807, 2.05) is 0 Å². The zero-order chi connectivity index (χ0) is 22.7. The van der Waals surface area contributed by atoms with Gasteiger partial charge in [0.2, 0.25) is 10.0 Å². The molecule has 32 heavy (non-hydrogen) atoms. The maximum atomic E-state index is 14.3. The molecule has 0 aliphatic carbocycles. The summed E-state index contributed by atoms with van der Waals surface area (Å²) in [6.07, 6.45) is 1.33. The van der Waals surface area contributed by atoms with Crippen LogP contribution in [0.1, 0.15) is 28.1 Å². The third kappa shape index (κ3) is 4.56. The summed E-state index contributed by atoms with van der Waals surface area (Å²) in [5.74, 6) is -0.438. The Kier molecular flexibility index (Phi) is 6.90. The molecular formula is C23H25FN2O4S2. The van der Waals surface area contributed by atoms with Crippen molar-refractivity contribution in [2.75, 3.05) is 26.7 Å². The number of halogens is 1. The van der Waals surface area contributed by atoms with Crippen LogP contribution >= 0.6 is 11.3 Å². The van der Waals surface area contributed by atoms with Crippen LogP contribution in [0, 0.1) is 11.7 Å². The lowest BCUT2D eigenvalue weighted by atomic mass is 9.98. The fourth-order valence-corrected chi connectivity index (χ4v) is 6.67. The molecule has 1 N–H and O–H groups in total. The first kappa shape index (κ1) is 22.8. The van der Waals surface area contributed by atoms with Gasteiger partial charge >= 0.3 is 0 Å². The van der Waals surface area contributed by atoms with Crippen molar-refractivity contribution in [2.24, 2.45) is 5.92 Å². The van der Waals surface area contributed by atoms with Gasteiger partial charge in [0.15, 0.2) is 0 Å². The molecule has 9 heteroatoms. The first-order valence-electron chi connectivity index (χ1n) is 10.4. The number of nitrogens with one attached hydrogen (secondary N) is 1. The summed E-state index contributed by atoms with van der Waals surface area (Å²) < 4.78 is 47.3. The first-order valence-corrected chi connectivity index (χ1v) is 12.7. The molecule has 0 radical (unpaired) electrons. The Hall–Kier alpha value is -2.33. The van der Waals surface area contributed by atoms with Crippen molar-refractivity contribution in [3.8, 4) is 0 Å². The zero-order valence-corrected chi connectivity index (χ0v) is 19.3. The van der Waals surface area contributed by atoms with Crippen molar-refractivity contribution in [1.82, 2.24) is 9.62 Å². The highest BCUT2D eigenvalue weighted by Crippen LogP contribution is 2.34. The van der Waals surface area contributed by atoms with Gasteiger partial charge in [-0.05, 0) is 43.0 Å². The number of ether oxygens (including phenoxy) is 1. The van der Waals surface area contributed by atoms with Crippen molar-refractivity contribution < 1.29 is 22.3 Å². The first-order chi connectivity index (χ1) is 15.4. The van der Waals surface area contributed by atoms with Crippen LogP contribution < -0.4 is 5.32 Å². The lowest BCUT2D eigenvalue weighted by molar-refractivity contribution is 0.0941. The minimum Gasteiger partial charge on any atom is -0.380 e. The molecule has 0 spiro atoms. The van der Waals surface area contributed by atoms with Gasteiger partial charge in [-0.1, -0.05) is 24.3 Å². The molecule has 1 amide bonds. The van der Waals surface area contributed by atoms with Crippen molar-refractivity contribution in [2.45, 2.75) is 24.3 Å². The zero-order valence-electron chi connectivity index (χ0n) is 17.7. The van der Waals surface area contributed by atoms with E-state index >= 15 is 0 Å². The Morgan fingerprint density at radius 1 is 1.16 bits per heavy atom. The Morgan fingerprint density at radius 3 is 2.56 bits per heavy atom. The maximum Gasteiger partial charge on any atom is 0.261 e. The van der Waals surface area contributed by atoms with Crippen molar-refractivity contribution >= 4 is 37.4 Å². The lowest BCUT2D eigenvalue weighted by Crippen LogP contribution is -2.41. The highest BCUT2D eigenvalue weighted by molar-refractivity contribution is 7.89. The van der Waals surface area contributed by atoms with Gasteiger partial charge in [-0.3, -0.25) is 4.79 Å². The molecule has 1 aliphatic heterocycles. The number of carbonyl (C=O) groups is 1. The molecule has 0 bridgehead atoms. The Labute approximate surface area is 191 Å². The number of fused-ring (bicyclic) bond motifs is 1. The van der Waals surface area contributed by atoms with E-state index in [4.69, 9.17) is 4.74 Å². The standard InChI is InChI=1S/C23H25FN2O4S2/c1-30-15-18-21-19(24)8-5-9-20(21)31-22(18)23(27)25-14-16-10-12-26(13-11-16)32(28,29)17-6-3-2-4-7-17/h2-9,16H,10-15H2,1H3,(H,25,27). The van der Waals surface area contributed by atoms with Crippen LogP contribution in [0.25, 0.3) is 10.1 Å². The van der Waals surface area contributed by atoms with Gasteiger partial charge < -0.3 is 10.1 Å². The van der Waals surface area contributed by atoms with Gasteiger partial charge in [-0.2, -0.15) is 4.31 Å². The van der Waals surface area contributed by atoms with Crippen LogP contribution in [0.15, 0.2) is 53.4 Å². The Balaban J connectivity index is 1.39. The van der Waals surface area contributed by atoms with Crippen molar-refractivity contribution in [3.63, 3.8) is 0 Å². The van der Waals surface area contributed by atoms with Crippen LogP contribution in [0.2, 0.25) is 0 Å². The van der Waals surface area contributed by atoms with Gasteiger partial charge in [-0.25, -0.2) is 12.8 Å². The van der Waals surface area contributed by atoms with Gasteiger partial charge in [0.25, 0.3) is 5.91 Å². The second-order valence-corrected chi connectivity index (χ2v) is 10.8. The number of amides is 1. The van der Waals surface area contributed by atoms with Crippen LogP contribution in [-0.4, -0.2) is 45.4 Å². The molecule has 0 unspecified atom stereocenters. The van der Waals surface area contributed by atoms with Crippen LogP contribution in [-0.2, 0) is 21.4 Å². The molecule has 170 valence electrons. The van der Waals surface area contributed by atoms with Gasteiger partial charge in [0.1, 0.15) is 5.82 Å².